The van der Waals surface area contributed by atoms with Crippen LogP contribution in [0.5, 0.6) is 5.75 Å². The van der Waals surface area contributed by atoms with Gasteiger partial charge in [0.2, 0.25) is 35.4 Å². The van der Waals surface area contributed by atoms with Crippen molar-refractivity contribution in [2.24, 2.45) is 17.4 Å². The summed E-state index contributed by atoms with van der Waals surface area (Å²) >= 11 is 0. The van der Waals surface area contributed by atoms with E-state index in [2.05, 4.69) is 37.2 Å². The molecule has 7 amide bonds. The molecule has 20 heteroatoms. The van der Waals surface area contributed by atoms with Gasteiger partial charge in [-0.3, -0.25) is 33.6 Å². The molecule has 0 spiro atoms. The van der Waals surface area contributed by atoms with Gasteiger partial charge in [-0.2, -0.15) is 0 Å². The second kappa shape index (κ2) is 25.0. The van der Waals surface area contributed by atoms with Crippen LogP contribution in [0.4, 0.5) is 5.69 Å². The van der Waals surface area contributed by atoms with E-state index in [1.165, 1.54) is 31.2 Å². The lowest BCUT2D eigenvalue weighted by atomic mass is 10.0. The Kier molecular flexibility index (Phi) is 20.2. The standard InChI is InChI=1S/C42H61N9O11/c1-23(2)34(42(61)62)50-40(59)32-17-18-33(54)46-27-10-8-9-26(22-27)36(55)45-20-7-5-12-31(39(58)51-35(24(3)52)41(60)49-32)48-38(57)30(11-4-6-19-43)47-37(56)29(44)21-25-13-15-28(53)16-14-25/h8-10,13-16,22-24,29-32,34-35,52-53H,4-7,11-12,17-21,43-44H2,1-3H3,(H,45,55)(H,46,54)(H,47,56)(H,48,57)(H,49,60)(H,50,59)(H,51,58)(H,61,62)/t24-,29-,30-,31+,32+,34-,35+/m0/s1. The van der Waals surface area contributed by atoms with E-state index in [1.54, 1.807) is 38.1 Å². The van der Waals surface area contributed by atoms with Crippen molar-refractivity contribution in [2.75, 3.05) is 18.4 Å². The molecule has 3 rings (SSSR count). The van der Waals surface area contributed by atoms with Crippen LogP contribution in [0, 0.1) is 5.92 Å². The molecule has 1 aliphatic heterocycles. The van der Waals surface area contributed by atoms with Gasteiger partial charge in [0.05, 0.1) is 12.1 Å². The molecular weight excluding hydrogens is 807 g/mol. The number of carbonyl (C=O) groups is 8. The SMILES string of the molecule is CC(C)[C@H](NC(=O)[C@H]1CCC(=O)Nc2cccc(c2)C(=O)NCCCC[C@@H](NC(=O)[C@H](CCCCN)NC(=O)[C@@H](N)Cc2ccc(O)cc2)C(=O)N[C@H]([C@H](C)O)C(=O)N1)C(=O)O. The Balaban J connectivity index is 1.93. The van der Waals surface area contributed by atoms with Crippen molar-refractivity contribution >= 4 is 53.0 Å². The van der Waals surface area contributed by atoms with Crippen LogP contribution >= 0.6 is 0 Å². The molecule has 0 saturated carbocycles. The number of aliphatic hydroxyl groups excluding tert-OH is 1. The number of rotatable bonds is 15. The van der Waals surface area contributed by atoms with Crippen LogP contribution in [0.15, 0.2) is 48.5 Å². The van der Waals surface area contributed by atoms with Gasteiger partial charge in [0, 0.05) is 24.2 Å². The zero-order valence-electron chi connectivity index (χ0n) is 35.3. The van der Waals surface area contributed by atoms with E-state index >= 15 is 0 Å². The second-order valence-electron chi connectivity index (χ2n) is 15.7. The highest BCUT2D eigenvalue weighted by Gasteiger charge is 2.35. The molecule has 0 radical (unpaired) electrons. The van der Waals surface area contributed by atoms with Crippen molar-refractivity contribution in [3.8, 4) is 5.75 Å². The van der Waals surface area contributed by atoms with Crippen LogP contribution in [-0.2, 0) is 40.0 Å². The van der Waals surface area contributed by atoms with Gasteiger partial charge >= 0.3 is 5.97 Å². The molecule has 0 aromatic heterocycles. The van der Waals surface area contributed by atoms with Gasteiger partial charge in [0.25, 0.3) is 5.91 Å². The topological polar surface area (TPSA) is 334 Å². The number of amides is 7. The van der Waals surface area contributed by atoms with Crippen molar-refractivity contribution in [3.05, 3.63) is 59.7 Å². The van der Waals surface area contributed by atoms with Gasteiger partial charge < -0.3 is 64.0 Å². The highest BCUT2D eigenvalue weighted by Crippen LogP contribution is 2.15. The quantitative estimate of drug-likeness (QED) is 0.0984. The number of hydrogen-bond acceptors (Lipinski definition) is 12. The summed E-state index contributed by atoms with van der Waals surface area (Å²) in [5.41, 5.74) is 13.0. The molecule has 1 aliphatic rings. The number of nitrogens with one attached hydrogen (secondary N) is 7. The smallest absolute Gasteiger partial charge is 0.326 e. The predicted octanol–water partition coefficient (Wildman–Crippen LogP) is -0.731. The Morgan fingerprint density at radius 1 is 0.887 bits per heavy atom. The highest BCUT2D eigenvalue weighted by atomic mass is 16.4. The van der Waals surface area contributed by atoms with Crippen molar-refractivity contribution in [2.45, 2.75) is 121 Å². The highest BCUT2D eigenvalue weighted by molar-refractivity contribution is 5.99. The van der Waals surface area contributed by atoms with E-state index < -0.39 is 95.6 Å². The van der Waals surface area contributed by atoms with Crippen molar-refractivity contribution in [1.82, 2.24) is 31.9 Å². The molecule has 1 heterocycles. The van der Waals surface area contributed by atoms with Crippen LogP contribution in [0.3, 0.4) is 0 Å². The summed E-state index contributed by atoms with van der Waals surface area (Å²) in [6.07, 6.45) is -0.557. The summed E-state index contributed by atoms with van der Waals surface area (Å²) in [5.74, 6) is -7.22. The average Bonchev–Trinajstić information content (AvgIpc) is 3.22. The van der Waals surface area contributed by atoms with Gasteiger partial charge in [0.15, 0.2) is 0 Å². The van der Waals surface area contributed by atoms with Crippen molar-refractivity contribution < 1.29 is 53.7 Å². The summed E-state index contributed by atoms with van der Waals surface area (Å²) in [6, 6.07) is 4.01. The van der Waals surface area contributed by atoms with Crippen LogP contribution in [0.2, 0.25) is 0 Å². The van der Waals surface area contributed by atoms with E-state index in [0.29, 0.717) is 31.4 Å². The number of carboxylic acid groups (broad SMARTS) is 1. The first kappa shape index (κ1) is 50.2. The maximum atomic E-state index is 14.0. The van der Waals surface area contributed by atoms with E-state index in [-0.39, 0.29) is 62.1 Å². The molecule has 2 aromatic carbocycles. The van der Waals surface area contributed by atoms with Gasteiger partial charge in [-0.1, -0.05) is 32.0 Å². The third kappa shape index (κ3) is 16.4. The summed E-state index contributed by atoms with van der Waals surface area (Å²) in [6.45, 7) is 4.81. The molecule has 2 bridgehead atoms. The van der Waals surface area contributed by atoms with Crippen molar-refractivity contribution in [3.63, 3.8) is 0 Å². The predicted molar refractivity (Wildman–Crippen MR) is 227 cm³/mol. The molecule has 20 nitrogen and oxygen atoms in total. The summed E-state index contributed by atoms with van der Waals surface area (Å²) in [7, 11) is 0. The number of phenolic OH excluding ortho intramolecular Hbond substituents is 1. The Bertz CT molecular complexity index is 1880. The molecule has 2 aromatic rings. The van der Waals surface area contributed by atoms with E-state index in [1.807, 2.05) is 0 Å². The Morgan fingerprint density at radius 2 is 1.60 bits per heavy atom. The summed E-state index contributed by atoms with van der Waals surface area (Å²) in [4.78, 5) is 107. The number of aromatic hydroxyl groups is 1. The second-order valence-corrected chi connectivity index (χ2v) is 15.7. The maximum absolute atomic E-state index is 14.0. The molecule has 0 aliphatic carbocycles. The van der Waals surface area contributed by atoms with Gasteiger partial charge in [-0.25, -0.2) is 4.79 Å². The lowest BCUT2D eigenvalue weighted by Crippen LogP contribution is -2.61. The van der Waals surface area contributed by atoms with Crippen LogP contribution in [0.25, 0.3) is 0 Å². The minimum atomic E-state index is -1.71. The fraction of sp³-hybridized carbons (Fsp3) is 0.524. The number of unbranched alkanes of at least 4 members (excludes halogenated alkanes) is 1. The fourth-order valence-corrected chi connectivity index (χ4v) is 6.53. The molecule has 0 saturated heterocycles. The average molecular weight is 868 g/mol. The third-order valence-corrected chi connectivity index (χ3v) is 10.1. The zero-order chi connectivity index (χ0) is 45.9. The molecule has 62 heavy (non-hydrogen) atoms. The number of anilines is 1. The monoisotopic (exact) mass is 867 g/mol. The number of hydrogen-bond donors (Lipinski definition) is 12. The number of aliphatic carboxylic acids is 1. The largest absolute Gasteiger partial charge is 0.508 e. The minimum Gasteiger partial charge on any atom is -0.508 e. The van der Waals surface area contributed by atoms with Crippen molar-refractivity contribution in [1.29, 1.82) is 0 Å². The lowest BCUT2D eigenvalue weighted by molar-refractivity contribution is -0.143. The van der Waals surface area contributed by atoms with Gasteiger partial charge in [-0.05, 0) is 107 Å². The lowest BCUT2D eigenvalue weighted by Gasteiger charge is -2.28. The number of benzene rings is 2. The summed E-state index contributed by atoms with van der Waals surface area (Å²) in [5, 5.41) is 48.1. The number of carbonyl (C=O) groups excluding carboxylic acids is 7. The Hall–Kier alpha value is -6.12. The molecule has 340 valence electrons. The first-order valence-corrected chi connectivity index (χ1v) is 20.7. The zero-order valence-corrected chi connectivity index (χ0v) is 35.3. The maximum Gasteiger partial charge on any atom is 0.326 e. The van der Waals surface area contributed by atoms with Gasteiger partial charge in [-0.15, -0.1) is 0 Å². The molecule has 0 fully saturated rings. The number of carboxylic acids is 1. The van der Waals surface area contributed by atoms with E-state index in [9.17, 15) is 53.7 Å². The minimum absolute atomic E-state index is 0.0241. The van der Waals surface area contributed by atoms with Crippen LogP contribution < -0.4 is 48.7 Å². The first-order valence-electron chi connectivity index (χ1n) is 20.7. The fourth-order valence-electron chi connectivity index (χ4n) is 6.53. The Labute approximate surface area is 360 Å². The number of aliphatic hydroxyl groups is 1. The van der Waals surface area contributed by atoms with Crippen LogP contribution in [-0.4, -0.2) is 118 Å². The molecular formula is C42H61N9O11. The molecule has 0 unspecified atom stereocenters. The Morgan fingerprint density at radius 3 is 2.24 bits per heavy atom. The molecule has 14 N–H and O–H groups in total. The first-order chi connectivity index (χ1) is 29.4. The number of nitrogens with two attached hydrogens (primary N) is 2. The normalized spacial score (nSPS) is 20.1. The number of fused-ring (bicyclic) bond motifs is 2. The molecule has 7 atom stereocenters. The van der Waals surface area contributed by atoms with Gasteiger partial charge in [0.1, 0.15) is 36.0 Å². The number of phenols is 1. The third-order valence-electron chi connectivity index (χ3n) is 10.1. The van der Waals surface area contributed by atoms with Crippen LogP contribution in [0.1, 0.15) is 88.1 Å². The summed E-state index contributed by atoms with van der Waals surface area (Å²) < 4.78 is 0. The van der Waals surface area contributed by atoms with E-state index in [4.69, 9.17) is 11.5 Å². The van der Waals surface area contributed by atoms with E-state index in [0.717, 1.165) is 0 Å².